The van der Waals surface area contributed by atoms with Crippen LogP contribution in [0.2, 0.25) is 0 Å². The summed E-state index contributed by atoms with van der Waals surface area (Å²) in [6, 6.07) is 4.31. The summed E-state index contributed by atoms with van der Waals surface area (Å²) in [6.45, 7) is 4.16. The van der Waals surface area contributed by atoms with E-state index in [1.807, 2.05) is 0 Å². The van der Waals surface area contributed by atoms with Gasteiger partial charge in [-0.05, 0) is 81.5 Å². The Kier molecular flexibility index (Phi) is 9.13. The number of rotatable bonds is 7. The number of aryl methyl sites for hydroxylation is 1. The number of piperazine rings is 1. The molecule has 2 aromatic rings. The van der Waals surface area contributed by atoms with Crippen molar-refractivity contribution in [2.24, 2.45) is 5.92 Å². The van der Waals surface area contributed by atoms with E-state index in [0.29, 0.717) is 12.1 Å². The van der Waals surface area contributed by atoms with Crippen LogP contribution in [0.15, 0.2) is 36.4 Å². The standard InChI is InChI=1S/C29H35F4N3O4S/c1-18-13-23(10-12-25(18)30)34-27(37)22-9-11-26(31)24(14-22)29(32,33)28(38)36-19(2)15-35(16-20(36)3)41(39,40)17-21-7-5-4-6-8-21/h9-14,19-21H,4-8,15-17H2,1-3H3,(H,34,37)/t19-,20+. The van der Waals surface area contributed by atoms with Crippen LogP contribution in [0.25, 0.3) is 0 Å². The van der Waals surface area contributed by atoms with Gasteiger partial charge in [0, 0.05) is 36.4 Å². The number of sulfonamides is 1. The molecule has 0 bridgehead atoms. The fourth-order valence-electron chi connectivity index (χ4n) is 5.77. The third-order valence-electron chi connectivity index (χ3n) is 7.94. The van der Waals surface area contributed by atoms with E-state index in [1.165, 1.54) is 37.2 Å². The average Bonchev–Trinajstić information content (AvgIpc) is 2.90. The second kappa shape index (κ2) is 12.1. The second-order valence-corrected chi connectivity index (χ2v) is 13.2. The Balaban J connectivity index is 1.50. The van der Waals surface area contributed by atoms with Gasteiger partial charge in [0.05, 0.1) is 11.3 Å². The van der Waals surface area contributed by atoms with Crippen molar-refractivity contribution in [3.63, 3.8) is 0 Å². The predicted molar refractivity (Wildman–Crippen MR) is 147 cm³/mol. The van der Waals surface area contributed by atoms with Gasteiger partial charge in [-0.15, -0.1) is 0 Å². The Labute approximate surface area is 237 Å². The number of benzene rings is 2. The quantitative estimate of drug-likeness (QED) is 0.431. The smallest absolute Gasteiger partial charge is 0.329 e. The molecule has 7 nitrogen and oxygen atoms in total. The first-order valence-electron chi connectivity index (χ1n) is 13.8. The van der Waals surface area contributed by atoms with Crippen molar-refractivity contribution in [1.82, 2.24) is 9.21 Å². The maximum atomic E-state index is 15.6. The monoisotopic (exact) mass is 597 g/mol. The molecule has 12 heteroatoms. The molecule has 41 heavy (non-hydrogen) atoms. The third kappa shape index (κ3) is 6.74. The van der Waals surface area contributed by atoms with Crippen LogP contribution in [-0.4, -0.2) is 60.4 Å². The maximum absolute atomic E-state index is 15.6. The number of nitrogens with one attached hydrogen (secondary N) is 1. The van der Waals surface area contributed by atoms with Crippen molar-refractivity contribution >= 4 is 27.5 Å². The van der Waals surface area contributed by atoms with Gasteiger partial charge in [0.15, 0.2) is 0 Å². The number of amides is 2. The molecular weight excluding hydrogens is 562 g/mol. The van der Waals surface area contributed by atoms with Crippen LogP contribution in [0, 0.1) is 24.5 Å². The minimum absolute atomic E-state index is 0.00585. The summed E-state index contributed by atoms with van der Waals surface area (Å²) in [4.78, 5) is 26.8. The Morgan fingerprint density at radius 1 is 0.951 bits per heavy atom. The van der Waals surface area contributed by atoms with Gasteiger partial charge in [0.25, 0.3) is 11.8 Å². The van der Waals surface area contributed by atoms with E-state index in [-0.39, 0.29) is 41.6 Å². The molecule has 1 saturated carbocycles. The molecule has 2 atom stereocenters. The molecule has 0 radical (unpaired) electrons. The predicted octanol–water partition coefficient (Wildman–Crippen LogP) is 5.45. The average molecular weight is 598 g/mol. The van der Waals surface area contributed by atoms with Crippen molar-refractivity contribution in [3.05, 3.63) is 64.7 Å². The SMILES string of the molecule is Cc1cc(NC(=O)c2ccc(F)c(C(F)(F)C(=O)N3[C@H](C)CN(S(=O)(=O)CC4CCCCC4)C[C@@H]3C)c2)ccc1F. The number of carbonyl (C=O) groups excluding carboxylic acids is 2. The summed E-state index contributed by atoms with van der Waals surface area (Å²) < 4.78 is 87.0. The molecule has 2 aliphatic rings. The van der Waals surface area contributed by atoms with E-state index in [4.69, 9.17) is 0 Å². The molecule has 2 fully saturated rings. The van der Waals surface area contributed by atoms with E-state index in [0.717, 1.165) is 49.1 Å². The molecule has 0 unspecified atom stereocenters. The van der Waals surface area contributed by atoms with Crippen LogP contribution >= 0.6 is 0 Å². The lowest BCUT2D eigenvalue weighted by Crippen LogP contribution is -2.62. The van der Waals surface area contributed by atoms with Crippen LogP contribution in [0.1, 0.15) is 67.4 Å². The lowest BCUT2D eigenvalue weighted by atomic mass is 9.91. The Morgan fingerprint density at radius 3 is 2.17 bits per heavy atom. The van der Waals surface area contributed by atoms with Crippen molar-refractivity contribution in [3.8, 4) is 0 Å². The minimum Gasteiger partial charge on any atom is -0.329 e. The summed E-state index contributed by atoms with van der Waals surface area (Å²) in [6.07, 6.45) is 4.72. The zero-order valence-electron chi connectivity index (χ0n) is 23.3. The largest absolute Gasteiger partial charge is 0.352 e. The molecule has 1 saturated heterocycles. The van der Waals surface area contributed by atoms with Gasteiger partial charge >= 0.3 is 5.92 Å². The van der Waals surface area contributed by atoms with Crippen LogP contribution in [0.4, 0.5) is 23.2 Å². The molecule has 4 rings (SSSR count). The molecule has 0 aromatic heterocycles. The summed E-state index contributed by atoms with van der Waals surface area (Å²) in [5, 5.41) is 2.45. The molecule has 1 aliphatic carbocycles. The highest BCUT2D eigenvalue weighted by atomic mass is 32.2. The second-order valence-electron chi connectivity index (χ2n) is 11.2. The van der Waals surface area contributed by atoms with Crippen LogP contribution in [-0.2, 0) is 20.7 Å². The Morgan fingerprint density at radius 2 is 1.56 bits per heavy atom. The first-order valence-corrected chi connectivity index (χ1v) is 15.4. The number of halogens is 4. The lowest BCUT2D eigenvalue weighted by Gasteiger charge is -2.45. The normalized spacial score (nSPS) is 21.1. The molecule has 1 N–H and O–H groups in total. The molecule has 0 spiro atoms. The molecule has 2 aromatic carbocycles. The van der Waals surface area contributed by atoms with E-state index >= 15 is 8.78 Å². The van der Waals surface area contributed by atoms with Crippen molar-refractivity contribution in [1.29, 1.82) is 0 Å². The highest BCUT2D eigenvalue weighted by molar-refractivity contribution is 7.89. The van der Waals surface area contributed by atoms with Crippen molar-refractivity contribution < 1.29 is 35.6 Å². The maximum Gasteiger partial charge on any atom is 0.352 e. The topological polar surface area (TPSA) is 86.8 Å². The van der Waals surface area contributed by atoms with Crippen LogP contribution in [0.5, 0.6) is 0 Å². The summed E-state index contributed by atoms with van der Waals surface area (Å²) in [7, 11) is -3.66. The number of hydrogen-bond donors (Lipinski definition) is 1. The number of alkyl halides is 2. The number of hydrogen-bond acceptors (Lipinski definition) is 4. The summed E-state index contributed by atoms with van der Waals surface area (Å²) in [5.41, 5.74) is -1.13. The van der Waals surface area contributed by atoms with Crippen LogP contribution in [0.3, 0.4) is 0 Å². The van der Waals surface area contributed by atoms with E-state index in [9.17, 15) is 26.8 Å². The van der Waals surface area contributed by atoms with Crippen molar-refractivity contribution in [2.45, 2.75) is 70.9 Å². The molecule has 1 heterocycles. The van der Waals surface area contributed by atoms with Gasteiger partial charge < -0.3 is 10.2 Å². The van der Waals surface area contributed by atoms with Gasteiger partial charge in [0.1, 0.15) is 11.6 Å². The van der Waals surface area contributed by atoms with E-state index in [2.05, 4.69) is 5.32 Å². The molecule has 224 valence electrons. The van der Waals surface area contributed by atoms with Gasteiger partial charge in [0.2, 0.25) is 10.0 Å². The van der Waals surface area contributed by atoms with Crippen molar-refractivity contribution in [2.75, 3.05) is 24.2 Å². The number of nitrogens with zero attached hydrogens (tertiary/aromatic N) is 2. The Bertz CT molecular complexity index is 1400. The molecule has 1 aliphatic heterocycles. The van der Waals surface area contributed by atoms with E-state index in [1.54, 1.807) is 0 Å². The third-order valence-corrected chi connectivity index (χ3v) is 9.91. The molecular formula is C29H35F4N3O4S. The number of carbonyl (C=O) groups is 2. The summed E-state index contributed by atoms with van der Waals surface area (Å²) in [5.74, 6) is -8.66. The zero-order valence-corrected chi connectivity index (χ0v) is 24.1. The zero-order chi connectivity index (χ0) is 30.1. The van der Waals surface area contributed by atoms with Gasteiger partial charge in [-0.2, -0.15) is 13.1 Å². The van der Waals surface area contributed by atoms with Crippen LogP contribution < -0.4 is 5.32 Å². The van der Waals surface area contributed by atoms with Gasteiger partial charge in [-0.3, -0.25) is 9.59 Å². The minimum atomic E-state index is -4.33. The fraction of sp³-hybridized carbons (Fsp3) is 0.517. The highest BCUT2D eigenvalue weighted by Gasteiger charge is 2.50. The van der Waals surface area contributed by atoms with E-state index < -0.39 is 57.0 Å². The first kappa shape index (κ1) is 31.0. The first-order chi connectivity index (χ1) is 19.2. The summed E-state index contributed by atoms with van der Waals surface area (Å²) >= 11 is 0. The Hall–Kier alpha value is -2.99. The van der Waals surface area contributed by atoms with Gasteiger partial charge in [-0.1, -0.05) is 19.3 Å². The number of anilines is 1. The van der Waals surface area contributed by atoms with Gasteiger partial charge in [-0.25, -0.2) is 17.2 Å². The lowest BCUT2D eigenvalue weighted by molar-refractivity contribution is -0.166. The highest BCUT2D eigenvalue weighted by Crippen LogP contribution is 2.36. The molecule has 2 amide bonds. The fourth-order valence-corrected chi connectivity index (χ4v) is 7.79.